The zero-order valence-electron chi connectivity index (χ0n) is 15.2. The van der Waals surface area contributed by atoms with E-state index >= 15 is 0 Å². The average molecular weight is 365 g/mol. The van der Waals surface area contributed by atoms with Crippen molar-refractivity contribution in [1.82, 2.24) is 4.98 Å². The third-order valence-corrected chi connectivity index (χ3v) is 4.08. The maximum Gasteiger partial charge on any atom is 0.355 e. The SMILES string of the molecule is COC(=O)c1[nH]cc(-c2ccc(OC)cc2)c1-c1ccc(OC(C)=O)cc1. The molecule has 2 aromatic carbocycles. The molecule has 3 aromatic rings. The minimum absolute atomic E-state index is 0.351. The van der Waals surface area contributed by atoms with Gasteiger partial charge in [-0.1, -0.05) is 24.3 Å². The molecule has 0 aliphatic rings. The summed E-state index contributed by atoms with van der Waals surface area (Å²) in [6.07, 6.45) is 1.77. The number of hydrogen-bond donors (Lipinski definition) is 1. The molecular formula is C21H19NO5. The maximum atomic E-state index is 12.2. The Morgan fingerprint density at radius 1 is 0.852 bits per heavy atom. The van der Waals surface area contributed by atoms with Gasteiger partial charge in [0.15, 0.2) is 0 Å². The first kappa shape index (κ1) is 18.3. The van der Waals surface area contributed by atoms with E-state index in [1.165, 1.54) is 14.0 Å². The van der Waals surface area contributed by atoms with Gasteiger partial charge in [-0.15, -0.1) is 0 Å². The fourth-order valence-electron chi connectivity index (χ4n) is 2.84. The van der Waals surface area contributed by atoms with Crippen molar-refractivity contribution in [3.05, 3.63) is 60.4 Å². The molecule has 0 saturated heterocycles. The van der Waals surface area contributed by atoms with Gasteiger partial charge >= 0.3 is 11.9 Å². The molecule has 0 bridgehead atoms. The Balaban J connectivity index is 2.09. The highest BCUT2D eigenvalue weighted by Crippen LogP contribution is 2.36. The second-order valence-electron chi connectivity index (χ2n) is 5.79. The molecule has 1 heterocycles. The van der Waals surface area contributed by atoms with Gasteiger partial charge in [-0.05, 0) is 35.4 Å². The van der Waals surface area contributed by atoms with E-state index in [1.807, 2.05) is 24.3 Å². The fourth-order valence-corrected chi connectivity index (χ4v) is 2.84. The summed E-state index contributed by atoms with van der Waals surface area (Å²) in [4.78, 5) is 26.3. The molecule has 0 aliphatic heterocycles. The van der Waals surface area contributed by atoms with E-state index in [0.717, 1.165) is 22.4 Å². The summed E-state index contributed by atoms with van der Waals surface area (Å²) in [6, 6.07) is 14.5. The molecule has 138 valence electrons. The van der Waals surface area contributed by atoms with Gasteiger partial charge in [0.05, 0.1) is 14.2 Å². The number of methoxy groups -OCH3 is 2. The van der Waals surface area contributed by atoms with Gasteiger partial charge in [0.1, 0.15) is 17.2 Å². The average Bonchev–Trinajstić information content (AvgIpc) is 3.12. The van der Waals surface area contributed by atoms with Gasteiger partial charge in [0.25, 0.3) is 0 Å². The number of esters is 2. The predicted molar refractivity (Wildman–Crippen MR) is 101 cm³/mol. The van der Waals surface area contributed by atoms with E-state index in [1.54, 1.807) is 37.6 Å². The normalized spacial score (nSPS) is 10.3. The van der Waals surface area contributed by atoms with Crippen molar-refractivity contribution in [2.24, 2.45) is 0 Å². The number of aromatic amines is 1. The van der Waals surface area contributed by atoms with Crippen LogP contribution in [0.3, 0.4) is 0 Å². The molecule has 6 nitrogen and oxygen atoms in total. The zero-order valence-corrected chi connectivity index (χ0v) is 15.2. The van der Waals surface area contributed by atoms with E-state index in [-0.39, 0.29) is 0 Å². The second kappa shape index (κ2) is 7.78. The van der Waals surface area contributed by atoms with Crippen LogP contribution in [-0.2, 0) is 9.53 Å². The lowest BCUT2D eigenvalue weighted by atomic mass is 9.96. The van der Waals surface area contributed by atoms with E-state index in [0.29, 0.717) is 17.0 Å². The molecule has 0 radical (unpaired) electrons. The molecule has 0 spiro atoms. The molecule has 0 atom stereocenters. The van der Waals surface area contributed by atoms with E-state index < -0.39 is 11.9 Å². The lowest BCUT2D eigenvalue weighted by molar-refractivity contribution is -0.131. The van der Waals surface area contributed by atoms with Crippen LogP contribution < -0.4 is 9.47 Å². The summed E-state index contributed by atoms with van der Waals surface area (Å²) in [7, 11) is 2.95. The van der Waals surface area contributed by atoms with E-state index in [9.17, 15) is 9.59 Å². The summed E-state index contributed by atoms with van der Waals surface area (Å²) < 4.78 is 15.2. The van der Waals surface area contributed by atoms with Crippen molar-refractivity contribution in [3.63, 3.8) is 0 Å². The highest BCUT2D eigenvalue weighted by Gasteiger charge is 2.20. The highest BCUT2D eigenvalue weighted by atomic mass is 16.5. The van der Waals surface area contributed by atoms with Crippen molar-refractivity contribution >= 4 is 11.9 Å². The van der Waals surface area contributed by atoms with Gasteiger partial charge < -0.3 is 19.2 Å². The summed E-state index contributed by atoms with van der Waals surface area (Å²) in [6.45, 7) is 1.34. The molecular weight excluding hydrogens is 346 g/mol. The monoisotopic (exact) mass is 365 g/mol. The number of nitrogens with one attached hydrogen (secondary N) is 1. The third-order valence-electron chi connectivity index (χ3n) is 4.08. The summed E-state index contributed by atoms with van der Waals surface area (Å²) in [5.41, 5.74) is 3.61. The Labute approximate surface area is 156 Å². The molecule has 0 amide bonds. The van der Waals surface area contributed by atoms with Crippen LogP contribution in [0.5, 0.6) is 11.5 Å². The maximum absolute atomic E-state index is 12.2. The van der Waals surface area contributed by atoms with E-state index in [4.69, 9.17) is 14.2 Å². The smallest absolute Gasteiger partial charge is 0.355 e. The highest BCUT2D eigenvalue weighted by molar-refractivity contribution is 6.01. The fraction of sp³-hybridized carbons (Fsp3) is 0.143. The van der Waals surface area contributed by atoms with Gasteiger partial charge in [0.2, 0.25) is 0 Å². The van der Waals surface area contributed by atoms with Crippen LogP contribution in [0.2, 0.25) is 0 Å². The first-order valence-corrected chi connectivity index (χ1v) is 8.26. The number of carbonyl (C=O) groups excluding carboxylic acids is 2. The van der Waals surface area contributed by atoms with Crippen molar-refractivity contribution in [1.29, 1.82) is 0 Å². The number of benzene rings is 2. The largest absolute Gasteiger partial charge is 0.497 e. The molecule has 27 heavy (non-hydrogen) atoms. The Kier molecular flexibility index (Phi) is 5.26. The molecule has 0 aliphatic carbocycles. The van der Waals surface area contributed by atoms with Crippen LogP contribution in [0, 0.1) is 0 Å². The number of aromatic nitrogens is 1. The van der Waals surface area contributed by atoms with Gasteiger partial charge in [-0.2, -0.15) is 0 Å². The van der Waals surface area contributed by atoms with Crippen molar-refractivity contribution < 1.29 is 23.8 Å². The summed E-state index contributed by atoms with van der Waals surface area (Å²) >= 11 is 0. The Bertz CT molecular complexity index is 955. The van der Waals surface area contributed by atoms with E-state index in [2.05, 4.69) is 4.98 Å². The van der Waals surface area contributed by atoms with Crippen molar-refractivity contribution in [2.75, 3.05) is 14.2 Å². The van der Waals surface area contributed by atoms with Crippen LogP contribution >= 0.6 is 0 Å². The van der Waals surface area contributed by atoms with Crippen LogP contribution in [0.4, 0.5) is 0 Å². The number of H-pyrrole nitrogens is 1. The third kappa shape index (κ3) is 3.84. The first-order chi connectivity index (χ1) is 13.0. The van der Waals surface area contributed by atoms with Crippen LogP contribution in [0.25, 0.3) is 22.3 Å². The van der Waals surface area contributed by atoms with Gasteiger partial charge in [0, 0.05) is 24.2 Å². The molecule has 1 aromatic heterocycles. The molecule has 3 rings (SSSR count). The topological polar surface area (TPSA) is 77.6 Å². The Morgan fingerprint density at radius 2 is 1.44 bits per heavy atom. The quantitative estimate of drug-likeness (QED) is 0.545. The van der Waals surface area contributed by atoms with Crippen LogP contribution in [-0.4, -0.2) is 31.1 Å². The van der Waals surface area contributed by atoms with Gasteiger partial charge in [-0.25, -0.2) is 4.79 Å². The van der Waals surface area contributed by atoms with Crippen molar-refractivity contribution in [3.8, 4) is 33.8 Å². The first-order valence-electron chi connectivity index (χ1n) is 8.26. The number of carbonyl (C=O) groups is 2. The molecule has 1 N–H and O–H groups in total. The standard InChI is InChI=1S/C21H19NO5/c1-13(23)27-17-10-6-15(7-11-17)19-18(12-22-20(19)21(24)26-3)14-4-8-16(25-2)9-5-14/h4-12,22H,1-3H3. The van der Waals surface area contributed by atoms with Crippen molar-refractivity contribution in [2.45, 2.75) is 6.92 Å². The molecule has 0 fully saturated rings. The lowest BCUT2D eigenvalue weighted by Gasteiger charge is -2.09. The minimum atomic E-state index is -0.464. The lowest BCUT2D eigenvalue weighted by Crippen LogP contribution is -2.04. The second-order valence-corrected chi connectivity index (χ2v) is 5.79. The number of rotatable bonds is 5. The van der Waals surface area contributed by atoms with Crippen LogP contribution in [0.1, 0.15) is 17.4 Å². The number of hydrogen-bond acceptors (Lipinski definition) is 5. The Morgan fingerprint density at radius 3 is 2.00 bits per heavy atom. The Hall–Kier alpha value is -3.54. The summed E-state index contributed by atoms with van der Waals surface area (Å²) in [5, 5.41) is 0. The minimum Gasteiger partial charge on any atom is -0.497 e. The molecule has 0 saturated carbocycles. The van der Waals surface area contributed by atoms with Crippen LogP contribution in [0.15, 0.2) is 54.7 Å². The van der Waals surface area contributed by atoms with Gasteiger partial charge in [-0.3, -0.25) is 4.79 Å². The summed E-state index contributed by atoms with van der Waals surface area (Å²) in [5.74, 6) is 0.328. The zero-order chi connectivity index (χ0) is 19.4. The molecule has 0 unspecified atom stereocenters. The number of ether oxygens (including phenoxy) is 3. The molecule has 6 heteroatoms. The predicted octanol–water partition coefficient (Wildman–Crippen LogP) is 4.07.